The molecular formula is C16H15F3OS. The van der Waals surface area contributed by atoms with E-state index in [0.717, 1.165) is 23.3 Å². The lowest BCUT2D eigenvalue weighted by Crippen LogP contribution is -2.06. The zero-order chi connectivity index (χ0) is 15.5. The molecule has 5 heteroatoms. The van der Waals surface area contributed by atoms with Crippen LogP contribution in [0.2, 0.25) is 0 Å². The predicted molar refractivity (Wildman–Crippen MR) is 78.2 cm³/mol. The van der Waals surface area contributed by atoms with Crippen LogP contribution in [0.25, 0.3) is 0 Å². The van der Waals surface area contributed by atoms with Gasteiger partial charge in [0.05, 0.1) is 5.56 Å². The Kier molecular flexibility index (Phi) is 4.83. The molecule has 0 spiro atoms. The van der Waals surface area contributed by atoms with E-state index in [4.69, 9.17) is 0 Å². The summed E-state index contributed by atoms with van der Waals surface area (Å²) in [5.74, 6) is 0.473. The standard InChI is InChI=1S/C16H15F3OS/c1-12-5-2-3-7-14(12)11-21(20)10-13-6-4-8-15(9-13)16(17,18)19/h2-9H,10-11H2,1H3. The Balaban J connectivity index is 2.08. The first-order valence-electron chi connectivity index (χ1n) is 6.42. The van der Waals surface area contributed by atoms with Crippen LogP contribution in [0.4, 0.5) is 13.2 Å². The molecule has 0 bridgehead atoms. The van der Waals surface area contributed by atoms with Crippen LogP contribution in [0.3, 0.4) is 0 Å². The monoisotopic (exact) mass is 312 g/mol. The molecule has 0 aliphatic heterocycles. The fourth-order valence-electron chi connectivity index (χ4n) is 2.02. The van der Waals surface area contributed by atoms with Gasteiger partial charge in [-0.05, 0) is 29.7 Å². The summed E-state index contributed by atoms with van der Waals surface area (Å²) in [7, 11) is -1.23. The third-order valence-corrected chi connectivity index (χ3v) is 4.45. The summed E-state index contributed by atoms with van der Waals surface area (Å²) in [5.41, 5.74) is 1.74. The van der Waals surface area contributed by atoms with E-state index >= 15 is 0 Å². The number of rotatable bonds is 4. The molecule has 0 radical (unpaired) electrons. The number of benzene rings is 2. The first-order valence-corrected chi connectivity index (χ1v) is 7.90. The highest BCUT2D eigenvalue weighted by molar-refractivity contribution is 7.83. The molecule has 0 aromatic heterocycles. The number of hydrogen-bond donors (Lipinski definition) is 0. The van der Waals surface area contributed by atoms with E-state index in [2.05, 4.69) is 0 Å². The van der Waals surface area contributed by atoms with Gasteiger partial charge in [0, 0.05) is 22.3 Å². The molecule has 1 nitrogen and oxygen atoms in total. The minimum Gasteiger partial charge on any atom is -0.259 e. The van der Waals surface area contributed by atoms with Crippen LogP contribution < -0.4 is 0 Å². The summed E-state index contributed by atoms with van der Waals surface area (Å²) in [4.78, 5) is 0. The van der Waals surface area contributed by atoms with Gasteiger partial charge in [0.25, 0.3) is 0 Å². The number of alkyl halides is 3. The van der Waals surface area contributed by atoms with E-state index in [1.807, 2.05) is 31.2 Å². The molecular weight excluding hydrogens is 297 g/mol. The largest absolute Gasteiger partial charge is 0.416 e. The van der Waals surface area contributed by atoms with Crippen molar-refractivity contribution in [2.75, 3.05) is 0 Å². The topological polar surface area (TPSA) is 17.1 Å². The van der Waals surface area contributed by atoms with Crippen LogP contribution in [-0.2, 0) is 28.5 Å². The van der Waals surface area contributed by atoms with Gasteiger partial charge in [-0.25, -0.2) is 0 Å². The second kappa shape index (κ2) is 6.43. The lowest BCUT2D eigenvalue weighted by atomic mass is 10.1. The average Bonchev–Trinajstić information content (AvgIpc) is 2.41. The summed E-state index contributed by atoms with van der Waals surface area (Å²) in [6, 6.07) is 12.6. The van der Waals surface area contributed by atoms with Gasteiger partial charge in [-0.1, -0.05) is 42.5 Å². The van der Waals surface area contributed by atoms with Crippen LogP contribution in [-0.4, -0.2) is 4.21 Å². The number of hydrogen-bond acceptors (Lipinski definition) is 1. The first-order chi connectivity index (χ1) is 9.86. The SMILES string of the molecule is Cc1ccccc1CS(=O)Cc1cccc(C(F)(F)F)c1. The summed E-state index contributed by atoms with van der Waals surface area (Å²) in [6.45, 7) is 1.93. The van der Waals surface area contributed by atoms with E-state index in [0.29, 0.717) is 11.3 Å². The Hall–Kier alpha value is -1.62. The molecule has 0 N–H and O–H groups in total. The Labute approximate surface area is 124 Å². The maximum Gasteiger partial charge on any atom is 0.416 e. The second-order valence-corrected chi connectivity index (χ2v) is 6.31. The lowest BCUT2D eigenvalue weighted by Gasteiger charge is -2.09. The number of halogens is 3. The van der Waals surface area contributed by atoms with Crippen LogP contribution in [0.1, 0.15) is 22.3 Å². The zero-order valence-electron chi connectivity index (χ0n) is 11.5. The van der Waals surface area contributed by atoms with Gasteiger partial charge in [0.2, 0.25) is 0 Å². The quantitative estimate of drug-likeness (QED) is 0.814. The van der Waals surface area contributed by atoms with Gasteiger partial charge in [0.1, 0.15) is 0 Å². The Morgan fingerprint density at radius 3 is 2.38 bits per heavy atom. The van der Waals surface area contributed by atoms with Gasteiger partial charge >= 0.3 is 6.18 Å². The molecule has 2 aromatic carbocycles. The van der Waals surface area contributed by atoms with E-state index < -0.39 is 22.5 Å². The summed E-state index contributed by atoms with van der Waals surface area (Å²) in [6.07, 6.45) is -4.37. The van der Waals surface area contributed by atoms with Crippen molar-refractivity contribution in [2.45, 2.75) is 24.6 Å². The van der Waals surface area contributed by atoms with E-state index in [1.165, 1.54) is 6.07 Å². The maximum atomic E-state index is 12.6. The second-order valence-electron chi connectivity index (χ2n) is 4.85. The minimum absolute atomic E-state index is 0.123. The highest BCUT2D eigenvalue weighted by atomic mass is 32.2. The van der Waals surface area contributed by atoms with Crippen molar-refractivity contribution in [2.24, 2.45) is 0 Å². The Bertz CT molecular complexity index is 650. The fraction of sp³-hybridized carbons (Fsp3) is 0.250. The molecule has 1 unspecified atom stereocenters. The molecule has 0 amide bonds. The van der Waals surface area contributed by atoms with Crippen molar-refractivity contribution in [1.29, 1.82) is 0 Å². The van der Waals surface area contributed by atoms with Crippen molar-refractivity contribution < 1.29 is 17.4 Å². The molecule has 21 heavy (non-hydrogen) atoms. The van der Waals surface area contributed by atoms with Crippen LogP contribution in [0.15, 0.2) is 48.5 Å². The van der Waals surface area contributed by atoms with Crippen LogP contribution >= 0.6 is 0 Å². The number of aryl methyl sites for hydroxylation is 1. The molecule has 2 aromatic rings. The fourth-order valence-corrected chi connectivity index (χ4v) is 3.34. The van der Waals surface area contributed by atoms with Crippen molar-refractivity contribution in [3.05, 3.63) is 70.8 Å². The lowest BCUT2D eigenvalue weighted by molar-refractivity contribution is -0.137. The van der Waals surface area contributed by atoms with Gasteiger partial charge in [-0.2, -0.15) is 13.2 Å². The maximum absolute atomic E-state index is 12.6. The van der Waals surface area contributed by atoms with Gasteiger partial charge < -0.3 is 0 Å². The summed E-state index contributed by atoms with van der Waals surface area (Å²) >= 11 is 0. The highest BCUT2D eigenvalue weighted by Gasteiger charge is 2.30. The van der Waals surface area contributed by atoms with Crippen LogP contribution in [0, 0.1) is 6.92 Å². The molecule has 0 saturated carbocycles. The summed E-state index contributed by atoms with van der Waals surface area (Å²) < 4.78 is 50.0. The Morgan fingerprint density at radius 2 is 1.71 bits per heavy atom. The van der Waals surface area contributed by atoms with Gasteiger partial charge in [0.15, 0.2) is 0 Å². The summed E-state index contributed by atoms with van der Waals surface area (Å²) in [5, 5.41) is 0. The van der Waals surface area contributed by atoms with E-state index in [1.54, 1.807) is 6.07 Å². The van der Waals surface area contributed by atoms with Crippen LogP contribution in [0.5, 0.6) is 0 Å². The molecule has 0 heterocycles. The van der Waals surface area contributed by atoms with Crippen molar-refractivity contribution in [3.8, 4) is 0 Å². The normalized spacial score (nSPS) is 13.1. The van der Waals surface area contributed by atoms with Gasteiger partial charge in [-0.3, -0.25) is 4.21 Å². The third kappa shape index (κ3) is 4.43. The van der Waals surface area contributed by atoms with Gasteiger partial charge in [-0.15, -0.1) is 0 Å². The zero-order valence-corrected chi connectivity index (χ0v) is 12.3. The molecule has 2 rings (SSSR count). The van der Waals surface area contributed by atoms with Crippen molar-refractivity contribution in [1.82, 2.24) is 0 Å². The smallest absolute Gasteiger partial charge is 0.259 e. The van der Waals surface area contributed by atoms with Crippen molar-refractivity contribution in [3.63, 3.8) is 0 Å². The highest BCUT2D eigenvalue weighted by Crippen LogP contribution is 2.29. The molecule has 0 aliphatic carbocycles. The van der Waals surface area contributed by atoms with E-state index in [9.17, 15) is 17.4 Å². The third-order valence-electron chi connectivity index (χ3n) is 3.16. The molecule has 0 fully saturated rings. The average molecular weight is 312 g/mol. The Morgan fingerprint density at radius 1 is 1.00 bits per heavy atom. The first kappa shape index (κ1) is 15.8. The van der Waals surface area contributed by atoms with Crippen molar-refractivity contribution >= 4 is 10.8 Å². The van der Waals surface area contributed by atoms with E-state index in [-0.39, 0.29) is 5.75 Å². The minimum atomic E-state index is -4.37. The predicted octanol–water partition coefficient (Wildman–Crippen LogP) is 4.46. The molecule has 0 aliphatic rings. The molecule has 112 valence electrons. The molecule has 0 saturated heterocycles. The molecule has 1 atom stereocenters.